The number of nitrogens with one attached hydrogen (secondary N) is 1. The number of rotatable bonds is 4. The van der Waals surface area contributed by atoms with Crippen LogP contribution in [0.1, 0.15) is 12.8 Å². The minimum Gasteiger partial charge on any atom is -0.329 e. The molecule has 0 saturated heterocycles. The van der Waals surface area contributed by atoms with Crippen molar-refractivity contribution >= 4 is 10.0 Å². The van der Waals surface area contributed by atoms with E-state index in [0.717, 1.165) is 0 Å². The molecule has 0 aromatic heterocycles. The third kappa shape index (κ3) is 9.56. The third-order valence-electron chi connectivity index (χ3n) is 1.09. The van der Waals surface area contributed by atoms with Crippen LogP contribution < -0.4 is 10.5 Å². The van der Waals surface area contributed by atoms with Crippen LogP contribution in [0.2, 0.25) is 0 Å². The van der Waals surface area contributed by atoms with E-state index in [4.69, 9.17) is 16.3 Å². The van der Waals surface area contributed by atoms with Crippen LogP contribution in [0.4, 0.5) is 13.2 Å². The summed E-state index contributed by atoms with van der Waals surface area (Å²) in [5.74, 6) is 0. The fourth-order valence-electron chi connectivity index (χ4n) is 0.388. The maximum atomic E-state index is 11.5. The number of sulfonamides is 1. The molecule has 0 unspecified atom stereocenters. The molecule has 0 spiro atoms. The number of nitrogens with zero attached hydrogens (tertiary/aromatic N) is 2. The zero-order chi connectivity index (χ0) is 13.9. The van der Waals surface area contributed by atoms with Gasteiger partial charge in [0.25, 0.3) is 0 Å². The van der Waals surface area contributed by atoms with Gasteiger partial charge in [0, 0.05) is 25.9 Å². The first-order valence-corrected chi connectivity index (χ1v) is 5.71. The Kier molecular flexibility index (Phi) is 9.28. The smallest absolute Gasteiger partial charge is 0.329 e. The number of nitriles is 2. The molecule has 6 nitrogen and oxygen atoms in total. The topological polar surface area (TPSA) is 120 Å². The van der Waals surface area contributed by atoms with E-state index in [9.17, 15) is 21.6 Å². The monoisotopic (exact) mass is 272 g/mol. The zero-order valence-electron chi connectivity index (χ0n) is 8.66. The molecular formula is C7H11F3N4O2S. The molecule has 0 aliphatic heterocycles. The number of hydrogen-bond donors (Lipinski definition) is 2. The van der Waals surface area contributed by atoms with Crippen molar-refractivity contribution in [1.82, 2.24) is 4.72 Å². The van der Waals surface area contributed by atoms with Crippen molar-refractivity contribution < 1.29 is 21.6 Å². The van der Waals surface area contributed by atoms with E-state index in [1.54, 1.807) is 0 Å². The highest BCUT2D eigenvalue weighted by Gasteiger charge is 2.45. The van der Waals surface area contributed by atoms with Gasteiger partial charge in [0.05, 0.1) is 12.1 Å². The molecule has 0 aromatic rings. The lowest BCUT2D eigenvalue weighted by Crippen LogP contribution is -2.36. The Morgan fingerprint density at radius 1 is 1.18 bits per heavy atom. The predicted octanol–water partition coefficient (Wildman–Crippen LogP) is 0.198. The summed E-state index contributed by atoms with van der Waals surface area (Å²) in [6.45, 7) is -0.0468. The van der Waals surface area contributed by atoms with Gasteiger partial charge in [0.2, 0.25) is 0 Å². The van der Waals surface area contributed by atoms with Crippen molar-refractivity contribution in [2.24, 2.45) is 5.73 Å². The molecule has 0 fully saturated rings. The van der Waals surface area contributed by atoms with Crippen LogP contribution in [-0.4, -0.2) is 27.0 Å². The standard InChI is InChI=1S/C4H5F3N2O2S.C3H6N2/c5-4(6,7)12(10,11)9-3-1-2-8;4-2-1-3-5/h9H,1,3H2;1-2,4H2. The van der Waals surface area contributed by atoms with Gasteiger partial charge in [-0.25, -0.2) is 13.1 Å². The predicted molar refractivity (Wildman–Crippen MR) is 52.5 cm³/mol. The van der Waals surface area contributed by atoms with Crippen LogP contribution in [0.15, 0.2) is 0 Å². The molecule has 0 aliphatic rings. The first kappa shape index (κ1) is 18.0. The maximum Gasteiger partial charge on any atom is 0.511 e. The molecule has 0 aromatic carbocycles. The summed E-state index contributed by atoms with van der Waals surface area (Å²) >= 11 is 0. The second kappa shape index (κ2) is 8.75. The summed E-state index contributed by atoms with van der Waals surface area (Å²) in [7, 11) is -5.27. The van der Waals surface area contributed by atoms with E-state index in [-0.39, 0.29) is 6.42 Å². The SMILES string of the molecule is N#CCCN.N#CCCNS(=O)(=O)C(F)(F)F. The molecule has 0 amide bonds. The summed E-state index contributed by atoms with van der Waals surface area (Å²) in [5, 5.41) is 15.6. The van der Waals surface area contributed by atoms with Gasteiger partial charge in [-0.3, -0.25) is 0 Å². The van der Waals surface area contributed by atoms with Crippen LogP contribution in [0.25, 0.3) is 0 Å². The van der Waals surface area contributed by atoms with Crippen LogP contribution >= 0.6 is 0 Å². The molecule has 0 aliphatic carbocycles. The molecule has 17 heavy (non-hydrogen) atoms. The second-order valence-corrected chi connectivity index (χ2v) is 4.21. The van der Waals surface area contributed by atoms with E-state index in [2.05, 4.69) is 0 Å². The van der Waals surface area contributed by atoms with Crippen molar-refractivity contribution in [3.63, 3.8) is 0 Å². The lowest BCUT2D eigenvalue weighted by molar-refractivity contribution is -0.0447. The van der Waals surface area contributed by atoms with E-state index in [0.29, 0.717) is 13.0 Å². The highest BCUT2D eigenvalue weighted by molar-refractivity contribution is 7.90. The van der Waals surface area contributed by atoms with E-state index >= 15 is 0 Å². The van der Waals surface area contributed by atoms with Gasteiger partial charge < -0.3 is 5.73 Å². The van der Waals surface area contributed by atoms with Crippen LogP contribution in [-0.2, 0) is 10.0 Å². The molecule has 3 N–H and O–H groups in total. The number of hydrogen-bond acceptors (Lipinski definition) is 5. The molecular weight excluding hydrogens is 261 g/mol. The molecule has 10 heteroatoms. The lowest BCUT2D eigenvalue weighted by atomic mass is 10.5. The Morgan fingerprint density at radius 3 is 1.88 bits per heavy atom. The van der Waals surface area contributed by atoms with Gasteiger partial charge in [-0.15, -0.1) is 0 Å². The van der Waals surface area contributed by atoms with E-state index in [1.807, 2.05) is 6.07 Å². The quantitative estimate of drug-likeness (QED) is 0.708. The third-order valence-corrected chi connectivity index (χ3v) is 2.28. The van der Waals surface area contributed by atoms with E-state index in [1.165, 1.54) is 10.8 Å². The highest BCUT2D eigenvalue weighted by atomic mass is 32.2. The molecule has 0 radical (unpaired) electrons. The average molecular weight is 272 g/mol. The zero-order valence-corrected chi connectivity index (χ0v) is 9.48. The van der Waals surface area contributed by atoms with Crippen LogP contribution in [0.5, 0.6) is 0 Å². The van der Waals surface area contributed by atoms with Crippen LogP contribution in [0, 0.1) is 22.7 Å². The molecule has 98 valence electrons. The minimum absolute atomic E-state index is 0.296. The second-order valence-electron chi connectivity index (χ2n) is 2.45. The highest BCUT2D eigenvalue weighted by Crippen LogP contribution is 2.21. The van der Waals surface area contributed by atoms with Gasteiger partial charge in [0.1, 0.15) is 0 Å². The first-order valence-electron chi connectivity index (χ1n) is 4.22. The summed E-state index contributed by atoms with van der Waals surface area (Å²) in [6, 6.07) is 3.39. The van der Waals surface area contributed by atoms with Crippen LogP contribution in [0.3, 0.4) is 0 Å². The van der Waals surface area contributed by atoms with Crippen molar-refractivity contribution in [1.29, 1.82) is 10.5 Å². The van der Waals surface area contributed by atoms with Crippen molar-refractivity contribution in [2.45, 2.75) is 18.3 Å². The molecule has 0 saturated carbocycles. The average Bonchev–Trinajstić information content (AvgIpc) is 2.18. The fourth-order valence-corrected chi connectivity index (χ4v) is 0.922. The molecule has 0 heterocycles. The van der Waals surface area contributed by atoms with Crippen molar-refractivity contribution in [2.75, 3.05) is 13.1 Å². The Morgan fingerprint density at radius 2 is 1.65 bits per heavy atom. The normalized spacial score (nSPS) is 10.7. The summed E-state index contributed by atoms with van der Waals surface area (Å²) in [6.07, 6.45) is 0.176. The molecule has 0 rings (SSSR count). The van der Waals surface area contributed by atoms with E-state index < -0.39 is 22.1 Å². The molecule has 0 atom stereocenters. The number of nitrogens with two attached hydrogens (primary N) is 1. The Labute approximate surface area is 96.9 Å². The lowest BCUT2D eigenvalue weighted by Gasteiger charge is -2.07. The van der Waals surface area contributed by atoms with Crippen molar-refractivity contribution in [3.05, 3.63) is 0 Å². The van der Waals surface area contributed by atoms with Gasteiger partial charge in [0.15, 0.2) is 0 Å². The summed E-state index contributed by atoms with van der Waals surface area (Å²) in [4.78, 5) is 0. The Hall–Kier alpha value is -1.36. The minimum atomic E-state index is -5.30. The van der Waals surface area contributed by atoms with Gasteiger partial charge in [-0.1, -0.05) is 0 Å². The fraction of sp³-hybridized carbons (Fsp3) is 0.714. The largest absolute Gasteiger partial charge is 0.511 e. The van der Waals surface area contributed by atoms with Gasteiger partial charge in [-0.05, 0) is 0 Å². The summed E-state index contributed by atoms with van der Waals surface area (Å²) in [5.41, 5.74) is -0.387. The first-order chi connectivity index (χ1) is 7.72. The Bertz CT molecular complexity index is 379. The number of alkyl halides is 3. The maximum absolute atomic E-state index is 11.5. The van der Waals surface area contributed by atoms with Gasteiger partial charge in [-0.2, -0.15) is 23.7 Å². The van der Waals surface area contributed by atoms with Crippen molar-refractivity contribution in [3.8, 4) is 12.1 Å². The number of halogens is 3. The molecule has 0 bridgehead atoms. The Balaban J connectivity index is 0. The summed E-state index contributed by atoms with van der Waals surface area (Å²) < 4.78 is 56.2. The van der Waals surface area contributed by atoms with Gasteiger partial charge >= 0.3 is 15.5 Å².